The Balaban J connectivity index is 0.00000301. The molecule has 0 heterocycles. The third-order valence-corrected chi connectivity index (χ3v) is 5.80. The number of ketones is 2. The summed E-state index contributed by atoms with van der Waals surface area (Å²) < 4.78 is 25.5. The highest BCUT2D eigenvalue weighted by Crippen LogP contribution is 2.21. The second-order valence-electron chi connectivity index (χ2n) is 5.65. The van der Waals surface area contributed by atoms with Gasteiger partial charge in [0.05, 0.1) is 4.90 Å². The molecule has 1 atom stereocenters. The number of carbonyl (C=O) groups is 2. The quantitative estimate of drug-likeness (QED) is 0.468. The fourth-order valence-corrected chi connectivity index (χ4v) is 4.18. The topological polar surface area (TPSA) is 94.3 Å². The summed E-state index contributed by atoms with van der Waals surface area (Å²) in [5.74, 6) is -0.336. The van der Waals surface area contributed by atoms with Crippen molar-refractivity contribution in [1.82, 2.24) is 0 Å². The predicted molar refractivity (Wildman–Crippen MR) is 106 cm³/mol. The molecule has 26 heavy (non-hydrogen) atoms. The van der Waals surface area contributed by atoms with Gasteiger partial charge in [-0.2, -0.15) is 0 Å². The maximum Gasteiger partial charge on any atom is 0.188 e. The molecule has 0 spiro atoms. The van der Waals surface area contributed by atoms with Crippen molar-refractivity contribution in [2.24, 2.45) is 5.73 Å². The molecular weight excluding hydrogens is 350 g/mol. The number of hydrogen-bond donors (Lipinski definition) is 1. The summed E-state index contributed by atoms with van der Waals surface area (Å²) in [5, 5.41) is -1.06. The van der Waals surface area contributed by atoms with E-state index in [1.165, 1.54) is 25.1 Å². The third-order valence-electron chi connectivity index (χ3n) is 3.62. The van der Waals surface area contributed by atoms with Crippen molar-refractivity contribution in [2.75, 3.05) is 6.54 Å². The van der Waals surface area contributed by atoms with Gasteiger partial charge in [0.1, 0.15) is 5.25 Å². The van der Waals surface area contributed by atoms with Gasteiger partial charge in [0.2, 0.25) is 0 Å². The lowest BCUT2D eigenvalue weighted by Crippen LogP contribution is -2.31. The van der Waals surface area contributed by atoms with Gasteiger partial charge in [0.25, 0.3) is 0 Å². The summed E-state index contributed by atoms with van der Waals surface area (Å²) in [6.45, 7) is 5.80. The van der Waals surface area contributed by atoms with Crippen molar-refractivity contribution in [2.45, 2.75) is 63.0 Å². The Hall–Kier alpha value is -1.79. The zero-order chi connectivity index (χ0) is 20.0. The molecule has 1 aromatic carbocycles. The highest BCUT2D eigenvalue weighted by Gasteiger charge is 2.32. The lowest BCUT2D eigenvalue weighted by Gasteiger charge is -2.16. The Bertz CT molecular complexity index is 666. The predicted octanol–water partition coefficient (Wildman–Crippen LogP) is 3.48. The molecule has 0 saturated heterocycles. The molecule has 0 bridgehead atoms. The Morgan fingerprint density at radius 2 is 1.73 bits per heavy atom. The highest BCUT2D eigenvalue weighted by molar-refractivity contribution is 7.92. The van der Waals surface area contributed by atoms with Crippen molar-refractivity contribution in [3.8, 4) is 0 Å². The van der Waals surface area contributed by atoms with E-state index in [1.54, 1.807) is 24.3 Å². The molecule has 5 nitrogen and oxygen atoms in total. The normalized spacial score (nSPS) is 12.3. The van der Waals surface area contributed by atoms with E-state index in [0.717, 1.165) is 0 Å². The molecule has 146 valence electrons. The van der Waals surface area contributed by atoms with Gasteiger partial charge in [-0.1, -0.05) is 38.1 Å². The zero-order valence-electron chi connectivity index (χ0n) is 16.0. The molecule has 0 amide bonds. The minimum Gasteiger partial charge on any atom is -0.330 e. The Labute approximate surface area is 157 Å². The number of Topliss-reactive ketones (excluding diaryl/α,β-unsaturated/α-hetero) is 1. The van der Waals surface area contributed by atoms with Crippen LogP contribution in [0, 0.1) is 0 Å². The molecule has 1 rings (SSSR count). The first kappa shape index (κ1) is 24.2. The van der Waals surface area contributed by atoms with Crippen molar-refractivity contribution in [3.63, 3.8) is 0 Å². The van der Waals surface area contributed by atoms with Gasteiger partial charge >= 0.3 is 0 Å². The number of unbranched alkanes of at least 4 members (excludes halogenated alkanes) is 1. The first-order valence-corrected chi connectivity index (χ1v) is 10.6. The summed E-state index contributed by atoms with van der Waals surface area (Å²) in [5.41, 5.74) is 5.48. The van der Waals surface area contributed by atoms with E-state index >= 15 is 0 Å². The third kappa shape index (κ3) is 8.54. The molecule has 1 unspecified atom stereocenters. The summed E-state index contributed by atoms with van der Waals surface area (Å²) in [6, 6.07) is 8.03. The van der Waals surface area contributed by atoms with E-state index in [2.05, 4.69) is 0 Å². The van der Waals surface area contributed by atoms with Crippen molar-refractivity contribution in [1.29, 1.82) is 0 Å². The van der Waals surface area contributed by atoms with E-state index in [-0.39, 0.29) is 29.3 Å². The smallest absolute Gasteiger partial charge is 0.188 e. The van der Waals surface area contributed by atoms with Crippen LogP contribution in [0.15, 0.2) is 47.4 Å². The Morgan fingerprint density at radius 3 is 2.27 bits per heavy atom. The van der Waals surface area contributed by atoms with Gasteiger partial charge in [0.15, 0.2) is 21.4 Å². The van der Waals surface area contributed by atoms with Gasteiger partial charge in [-0.05, 0) is 57.4 Å². The molecule has 0 aliphatic rings. The number of nitrogens with two attached hydrogens (primary N) is 1. The Morgan fingerprint density at radius 1 is 1.12 bits per heavy atom. The molecule has 0 saturated carbocycles. The summed E-state index contributed by atoms with van der Waals surface area (Å²) in [6.07, 6.45) is 5.13. The van der Waals surface area contributed by atoms with Crippen LogP contribution in [0.25, 0.3) is 0 Å². The van der Waals surface area contributed by atoms with E-state index < -0.39 is 15.1 Å². The minimum atomic E-state index is -3.71. The fourth-order valence-electron chi connectivity index (χ4n) is 2.37. The van der Waals surface area contributed by atoms with Crippen LogP contribution in [-0.4, -0.2) is 31.8 Å². The van der Waals surface area contributed by atoms with Crippen molar-refractivity contribution >= 4 is 21.4 Å². The van der Waals surface area contributed by atoms with Crippen LogP contribution in [0.4, 0.5) is 0 Å². The van der Waals surface area contributed by atoms with Crippen molar-refractivity contribution < 1.29 is 18.0 Å². The molecule has 0 aromatic heterocycles. The van der Waals surface area contributed by atoms with E-state index in [9.17, 15) is 18.0 Å². The molecule has 2 N–H and O–H groups in total. The molecule has 0 fully saturated rings. The molecular formula is C20H31NO4S. The lowest BCUT2D eigenvalue weighted by atomic mass is 10.1. The Kier molecular flexibility index (Phi) is 12.5. The van der Waals surface area contributed by atoms with E-state index in [0.29, 0.717) is 25.8 Å². The van der Waals surface area contributed by atoms with Gasteiger partial charge in [-0.25, -0.2) is 8.42 Å². The minimum absolute atomic E-state index is 0.0474. The van der Waals surface area contributed by atoms with Crippen LogP contribution in [0.3, 0.4) is 0 Å². The zero-order valence-corrected chi connectivity index (χ0v) is 16.8. The maximum atomic E-state index is 12.7. The molecule has 1 aromatic rings. The van der Waals surface area contributed by atoms with Crippen LogP contribution in [0.2, 0.25) is 0 Å². The SMILES string of the molecule is CC.CC(=O)/C=C/CCCC(=O)C(CCCN)S(=O)(=O)c1ccccc1. The maximum absolute atomic E-state index is 12.7. The van der Waals surface area contributed by atoms with E-state index in [1.807, 2.05) is 13.8 Å². The first-order chi connectivity index (χ1) is 12.4. The fraction of sp³-hybridized carbons (Fsp3) is 0.500. The van der Waals surface area contributed by atoms with Crippen LogP contribution >= 0.6 is 0 Å². The standard InChI is InChI=1S/C18H25NO4S.C2H6/c1-15(20)9-4-2-7-12-17(21)18(13-8-14-19)24(22,23)16-10-5-3-6-11-16;1-2/h3-6,9-11,18H,2,7-8,12-14,19H2,1H3;1-2H3/b9-4+;. The molecule has 0 aliphatic carbocycles. The largest absolute Gasteiger partial charge is 0.330 e. The summed E-state index contributed by atoms with van der Waals surface area (Å²) in [7, 11) is -3.71. The number of sulfone groups is 1. The van der Waals surface area contributed by atoms with Crippen LogP contribution in [0.5, 0.6) is 0 Å². The van der Waals surface area contributed by atoms with E-state index in [4.69, 9.17) is 5.73 Å². The van der Waals surface area contributed by atoms with Gasteiger partial charge in [-0.3, -0.25) is 9.59 Å². The van der Waals surface area contributed by atoms with Crippen LogP contribution < -0.4 is 5.73 Å². The number of hydrogen-bond acceptors (Lipinski definition) is 5. The molecule has 0 aliphatic heterocycles. The van der Waals surface area contributed by atoms with Crippen LogP contribution in [0.1, 0.15) is 52.9 Å². The van der Waals surface area contributed by atoms with Crippen LogP contribution in [-0.2, 0) is 19.4 Å². The monoisotopic (exact) mass is 381 g/mol. The van der Waals surface area contributed by atoms with Crippen molar-refractivity contribution in [3.05, 3.63) is 42.5 Å². The van der Waals surface area contributed by atoms with Gasteiger partial charge < -0.3 is 5.73 Å². The second-order valence-corrected chi connectivity index (χ2v) is 7.78. The average Bonchev–Trinajstić information content (AvgIpc) is 2.63. The first-order valence-electron chi connectivity index (χ1n) is 9.08. The number of rotatable bonds is 11. The summed E-state index contributed by atoms with van der Waals surface area (Å²) in [4.78, 5) is 23.4. The number of allylic oxidation sites excluding steroid dienone is 2. The average molecular weight is 382 g/mol. The lowest BCUT2D eigenvalue weighted by molar-refractivity contribution is -0.119. The molecule has 0 radical (unpaired) electrons. The summed E-state index contributed by atoms with van der Waals surface area (Å²) >= 11 is 0. The van der Waals surface area contributed by atoms with Gasteiger partial charge in [0, 0.05) is 6.42 Å². The second kappa shape index (κ2) is 13.4. The molecule has 6 heteroatoms. The number of carbonyl (C=O) groups excluding carboxylic acids is 2. The number of benzene rings is 1. The van der Waals surface area contributed by atoms with Gasteiger partial charge in [-0.15, -0.1) is 0 Å². The highest BCUT2D eigenvalue weighted by atomic mass is 32.2.